The van der Waals surface area contributed by atoms with Crippen LogP contribution < -0.4 is 4.90 Å². The fourth-order valence-corrected chi connectivity index (χ4v) is 3.98. The van der Waals surface area contributed by atoms with Gasteiger partial charge in [0.05, 0.1) is 12.8 Å². The number of piperidine rings is 1. The van der Waals surface area contributed by atoms with Crippen molar-refractivity contribution in [2.24, 2.45) is 11.3 Å². The molecule has 2 aromatic heterocycles. The van der Waals surface area contributed by atoms with E-state index in [1.54, 1.807) is 0 Å². The third kappa shape index (κ3) is 3.20. The Labute approximate surface area is 138 Å². The Hall–Kier alpha value is -1.62. The van der Waals surface area contributed by atoms with E-state index in [4.69, 9.17) is 0 Å². The van der Waals surface area contributed by atoms with Crippen LogP contribution in [-0.2, 0) is 6.42 Å². The van der Waals surface area contributed by atoms with E-state index in [0.29, 0.717) is 5.92 Å². The van der Waals surface area contributed by atoms with Crippen LogP contribution in [0.5, 0.6) is 0 Å². The molecule has 0 aromatic carbocycles. The average Bonchev–Trinajstić information content (AvgIpc) is 3.01. The minimum absolute atomic E-state index is 0.00153. The van der Waals surface area contributed by atoms with Crippen molar-refractivity contribution in [1.29, 1.82) is 0 Å². The van der Waals surface area contributed by atoms with Crippen LogP contribution in [0, 0.1) is 11.3 Å². The molecule has 2 aromatic rings. The molecule has 126 valence electrons. The molecular weight excluding hydrogens is 288 g/mol. The first kappa shape index (κ1) is 16.2. The number of hydrogen-bond acceptors (Lipinski definition) is 4. The molecule has 0 amide bonds. The second kappa shape index (κ2) is 6.48. The van der Waals surface area contributed by atoms with E-state index in [9.17, 15) is 5.11 Å². The Morgan fingerprint density at radius 3 is 2.91 bits per heavy atom. The van der Waals surface area contributed by atoms with Gasteiger partial charge in [-0.1, -0.05) is 20.8 Å². The molecule has 0 spiro atoms. The van der Waals surface area contributed by atoms with Crippen LogP contribution in [0.25, 0.3) is 5.65 Å². The largest absolute Gasteiger partial charge is 0.396 e. The molecule has 0 unspecified atom stereocenters. The third-order valence-electron chi connectivity index (χ3n) is 4.92. The van der Waals surface area contributed by atoms with Gasteiger partial charge < -0.3 is 10.0 Å². The van der Waals surface area contributed by atoms with Crippen molar-refractivity contribution in [2.45, 2.75) is 46.5 Å². The van der Waals surface area contributed by atoms with Crippen molar-refractivity contribution >= 4 is 11.5 Å². The number of hydrogen-bond donors (Lipinski definition) is 1. The Morgan fingerprint density at radius 1 is 1.39 bits per heavy atom. The molecule has 3 heterocycles. The lowest BCUT2D eigenvalue weighted by molar-refractivity contribution is 0.0829. The van der Waals surface area contributed by atoms with Crippen LogP contribution in [0.3, 0.4) is 0 Å². The number of nitrogens with zero attached hydrogens (tertiary/aromatic N) is 4. The van der Waals surface area contributed by atoms with Crippen molar-refractivity contribution in [3.05, 3.63) is 24.0 Å². The quantitative estimate of drug-likeness (QED) is 0.921. The molecule has 0 aliphatic carbocycles. The van der Waals surface area contributed by atoms with Gasteiger partial charge in [-0.15, -0.1) is 0 Å². The fourth-order valence-electron chi connectivity index (χ4n) is 3.98. The lowest BCUT2D eigenvalue weighted by atomic mass is 9.74. The molecule has 1 fully saturated rings. The summed E-state index contributed by atoms with van der Waals surface area (Å²) in [6.45, 7) is 8.78. The lowest BCUT2D eigenvalue weighted by Gasteiger charge is -2.43. The van der Waals surface area contributed by atoms with E-state index >= 15 is 0 Å². The van der Waals surface area contributed by atoms with Gasteiger partial charge in [-0.3, -0.25) is 0 Å². The maximum Gasteiger partial charge on any atom is 0.157 e. The summed E-state index contributed by atoms with van der Waals surface area (Å²) in [7, 11) is 0. The number of aliphatic hydroxyl groups is 1. The molecule has 3 rings (SSSR count). The second-order valence-corrected chi connectivity index (χ2v) is 7.34. The number of rotatable bonds is 5. The number of aliphatic hydroxyl groups excluding tert-OH is 1. The van der Waals surface area contributed by atoms with E-state index in [-0.39, 0.29) is 12.0 Å². The zero-order valence-corrected chi connectivity index (χ0v) is 14.5. The molecular formula is C18H28N4O. The van der Waals surface area contributed by atoms with Gasteiger partial charge in [0, 0.05) is 36.3 Å². The van der Waals surface area contributed by atoms with Crippen LogP contribution >= 0.6 is 0 Å². The topological polar surface area (TPSA) is 53.7 Å². The molecule has 23 heavy (non-hydrogen) atoms. The average molecular weight is 316 g/mol. The van der Waals surface area contributed by atoms with Crippen molar-refractivity contribution in [3.8, 4) is 0 Å². The first-order valence-electron chi connectivity index (χ1n) is 8.76. The highest BCUT2D eigenvalue weighted by molar-refractivity contribution is 5.51. The first-order valence-corrected chi connectivity index (χ1v) is 8.76. The molecule has 0 bridgehead atoms. The van der Waals surface area contributed by atoms with Gasteiger partial charge in [0.1, 0.15) is 5.82 Å². The van der Waals surface area contributed by atoms with Gasteiger partial charge in [0.15, 0.2) is 5.65 Å². The lowest BCUT2D eigenvalue weighted by Crippen LogP contribution is -2.46. The van der Waals surface area contributed by atoms with Crippen molar-refractivity contribution in [3.63, 3.8) is 0 Å². The number of aryl methyl sites for hydroxylation is 1. The molecule has 1 atom stereocenters. The molecule has 0 saturated carbocycles. The molecule has 1 aliphatic rings. The van der Waals surface area contributed by atoms with Crippen LogP contribution in [-0.4, -0.2) is 39.4 Å². The van der Waals surface area contributed by atoms with Crippen LogP contribution in [0.2, 0.25) is 0 Å². The minimum atomic E-state index is 0.00153. The molecule has 5 heteroatoms. The monoisotopic (exact) mass is 316 g/mol. The first-order chi connectivity index (χ1) is 11.1. The van der Waals surface area contributed by atoms with Crippen molar-refractivity contribution in [2.75, 3.05) is 24.6 Å². The Morgan fingerprint density at radius 2 is 2.22 bits per heavy atom. The summed E-state index contributed by atoms with van der Waals surface area (Å²) in [5, 5.41) is 14.5. The summed E-state index contributed by atoms with van der Waals surface area (Å²) in [5.74, 6) is 1.70. The zero-order chi connectivity index (χ0) is 16.4. The molecule has 1 saturated heterocycles. The summed E-state index contributed by atoms with van der Waals surface area (Å²) in [5.41, 5.74) is 2.00. The van der Waals surface area contributed by atoms with E-state index in [0.717, 1.165) is 55.9 Å². The highest BCUT2D eigenvalue weighted by atomic mass is 16.3. The Balaban J connectivity index is 1.96. The second-order valence-electron chi connectivity index (χ2n) is 7.34. The van der Waals surface area contributed by atoms with E-state index < -0.39 is 0 Å². The van der Waals surface area contributed by atoms with Crippen molar-refractivity contribution < 1.29 is 5.11 Å². The standard InChI is InChI=1S/C18H28N4O/c1-4-15-10-17(22-16(20-15)6-8-19-22)21-9-5-7-18(12-21,13-23)11-14(2)3/h6,8,10,14,23H,4-5,7,9,11-13H2,1-3H3/t18-/m0/s1. The SMILES string of the molecule is CCc1cc(N2CCC[C@](CO)(CC(C)C)C2)n2nccc2n1. The zero-order valence-electron chi connectivity index (χ0n) is 14.5. The fraction of sp³-hybridized carbons (Fsp3) is 0.667. The Bertz CT molecular complexity index is 666. The van der Waals surface area contributed by atoms with E-state index in [1.165, 1.54) is 0 Å². The van der Waals surface area contributed by atoms with Gasteiger partial charge in [0.25, 0.3) is 0 Å². The number of anilines is 1. The van der Waals surface area contributed by atoms with Crippen LogP contribution in [0.4, 0.5) is 5.82 Å². The molecule has 0 radical (unpaired) electrons. The number of fused-ring (bicyclic) bond motifs is 1. The van der Waals surface area contributed by atoms with Gasteiger partial charge in [-0.25, -0.2) is 4.98 Å². The van der Waals surface area contributed by atoms with Gasteiger partial charge in [0.2, 0.25) is 0 Å². The molecule has 5 nitrogen and oxygen atoms in total. The molecule has 1 N–H and O–H groups in total. The maximum atomic E-state index is 10.1. The smallest absolute Gasteiger partial charge is 0.157 e. The normalized spacial score (nSPS) is 22.2. The highest BCUT2D eigenvalue weighted by Crippen LogP contribution is 2.37. The van der Waals surface area contributed by atoms with E-state index in [2.05, 4.69) is 41.8 Å². The summed E-state index contributed by atoms with van der Waals surface area (Å²) >= 11 is 0. The van der Waals surface area contributed by atoms with Gasteiger partial charge >= 0.3 is 0 Å². The number of aromatic nitrogens is 3. The van der Waals surface area contributed by atoms with Crippen molar-refractivity contribution in [1.82, 2.24) is 14.6 Å². The Kier molecular flexibility index (Phi) is 4.57. The third-order valence-corrected chi connectivity index (χ3v) is 4.92. The predicted molar refractivity (Wildman–Crippen MR) is 92.8 cm³/mol. The maximum absolute atomic E-state index is 10.1. The summed E-state index contributed by atoms with van der Waals surface area (Å²) < 4.78 is 1.93. The molecule has 1 aliphatic heterocycles. The summed E-state index contributed by atoms with van der Waals surface area (Å²) in [4.78, 5) is 7.03. The van der Waals surface area contributed by atoms with Gasteiger partial charge in [-0.2, -0.15) is 9.61 Å². The van der Waals surface area contributed by atoms with Gasteiger partial charge in [-0.05, 0) is 31.6 Å². The minimum Gasteiger partial charge on any atom is -0.396 e. The highest BCUT2D eigenvalue weighted by Gasteiger charge is 2.36. The summed E-state index contributed by atoms with van der Waals surface area (Å²) in [6.07, 6.45) is 6.00. The van der Waals surface area contributed by atoms with Crippen LogP contribution in [0.15, 0.2) is 18.3 Å². The predicted octanol–water partition coefficient (Wildman–Crippen LogP) is 2.92. The summed E-state index contributed by atoms with van der Waals surface area (Å²) in [6, 6.07) is 4.11. The van der Waals surface area contributed by atoms with E-state index in [1.807, 2.05) is 16.8 Å². The van der Waals surface area contributed by atoms with Crippen LogP contribution in [0.1, 0.15) is 45.7 Å².